The lowest BCUT2D eigenvalue weighted by Crippen LogP contribution is -2.27. The van der Waals surface area contributed by atoms with Gasteiger partial charge in [0.15, 0.2) is 0 Å². The minimum atomic E-state index is -0.108. The highest BCUT2D eigenvalue weighted by Crippen LogP contribution is 2.20. The number of amides is 1. The van der Waals surface area contributed by atoms with Gasteiger partial charge in [0.2, 0.25) is 0 Å². The van der Waals surface area contributed by atoms with Gasteiger partial charge in [-0.2, -0.15) is 10.2 Å². The van der Waals surface area contributed by atoms with Gasteiger partial charge >= 0.3 is 0 Å². The van der Waals surface area contributed by atoms with Gasteiger partial charge in [0.05, 0.1) is 31.6 Å². The van der Waals surface area contributed by atoms with Crippen molar-refractivity contribution < 1.29 is 9.90 Å². The van der Waals surface area contributed by atoms with E-state index in [-0.39, 0.29) is 18.6 Å². The number of aryl methyl sites for hydroxylation is 1. The number of benzene rings is 1. The number of carbonyl (C=O) groups excluding carboxylic acids is 1. The summed E-state index contributed by atoms with van der Waals surface area (Å²) in [5.41, 5.74) is 3.53. The molecule has 0 spiro atoms. The van der Waals surface area contributed by atoms with E-state index in [0.29, 0.717) is 12.1 Å². The van der Waals surface area contributed by atoms with Crippen LogP contribution in [-0.2, 0) is 13.6 Å². The normalized spacial score (nSPS) is 12.1. The third kappa shape index (κ3) is 4.00. The lowest BCUT2D eigenvalue weighted by atomic mass is 10.1. The number of nitrogens with zero attached hydrogens (tertiary/aromatic N) is 4. The first-order chi connectivity index (χ1) is 12.6. The van der Waals surface area contributed by atoms with Gasteiger partial charge in [-0.15, -0.1) is 0 Å². The van der Waals surface area contributed by atoms with Gasteiger partial charge in [-0.25, -0.2) is 0 Å². The van der Waals surface area contributed by atoms with Gasteiger partial charge in [0.1, 0.15) is 0 Å². The highest BCUT2D eigenvalue weighted by Gasteiger charge is 2.15. The van der Waals surface area contributed by atoms with E-state index < -0.39 is 0 Å². The summed E-state index contributed by atoms with van der Waals surface area (Å²) in [5.74, 6) is -0.108. The topological polar surface area (TPSA) is 85.0 Å². The van der Waals surface area contributed by atoms with Crippen LogP contribution in [0.25, 0.3) is 11.1 Å². The quantitative estimate of drug-likeness (QED) is 0.682. The van der Waals surface area contributed by atoms with Crippen LogP contribution in [0.2, 0.25) is 0 Å². The van der Waals surface area contributed by atoms with Crippen LogP contribution >= 0.6 is 0 Å². The summed E-state index contributed by atoms with van der Waals surface area (Å²) in [6, 6.07) is 7.36. The molecule has 7 heteroatoms. The number of rotatable bonds is 7. The van der Waals surface area contributed by atoms with E-state index in [2.05, 4.69) is 15.5 Å². The molecule has 3 aromatic rings. The summed E-state index contributed by atoms with van der Waals surface area (Å²) in [6.45, 7) is 2.55. The molecule has 1 atom stereocenters. The van der Waals surface area contributed by atoms with E-state index in [1.165, 1.54) is 0 Å². The molecule has 136 valence electrons. The summed E-state index contributed by atoms with van der Waals surface area (Å²) in [4.78, 5) is 12.5. The van der Waals surface area contributed by atoms with Crippen molar-refractivity contribution in [2.45, 2.75) is 25.9 Å². The molecule has 1 aromatic carbocycles. The second-order valence-corrected chi connectivity index (χ2v) is 6.17. The minimum Gasteiger partial charge on any atom is -0.394 e. The summed E-state index contributed by atoms with van der Waals surface area (Å²) in [6.07, 6.45) is 8.11. The fourth-order valence-electron chi connectivity index (χ4n) is 2.83. The average molecular weight is 353 g/mol. The van der Waals surface area contributed by atoms with Crippen molar-refractivity contribution in [1.29, 1.82) is 0 Å². The maximum Gasteiger partial charge on any atom is 0.251 e. The molecular formula is C19H23N5O2. The molecular weight excluding hydrogens is 330 g/mol. The van der Waals surface area contributed by atoms with E-state index in [0.717, 1.165) is 23.1 Å². The molecule has 7 nitrogen and oxygen atoms in total. The lowest BCUT2D eigenvalue weighted by molar-refractivity contribution is 0.0935. The third-order valence-electron chi connectivity index (χ3n) is 4.28. The van der Waals surface area contributed by atoms with Crippen molar-refractivity contribution in [3.63, 3.8) is 0 Å². The Morgan fingerprint density at radius 2 is 1.92 bits per heavy atom. The predicted molar refractivity (Wildman–Crippen MR) is 98.5 cm³/mol. The first kappa shape index (κ1) is 17.9. The zero-order valence-corrected chi connectivity index (χ0v) is 15.0. The summed E-state index contributed by atoms with van der Waals surface area (Å²) >= 11 is 0. The Balaban J connectivity index is 1.69. The zero-order valence-electron chi connectivity index (χ0n) is 15.0. The van der Waals surface area contributed by atoms with Crippen molar-refractivity contribution in [2.24, 2.45) is 7.05 Å². The Kier molecular flexibility index (Phi) is 5.48. The predicted octanol–water partition coefficient (Wildman–Crippen LogP) is 2.16. The summed E-state index contributed by atoms with van der Waals surface area (Å²) < 4.78 is 3.42. The Labute approximate surface area is 152 Å². The maximum absolute atomic E-state index is 12.5. The molecule has 2 aromatic heterocycles. The van der Waals surface area contributed by atoms with Gasteiger partial charge in [-0.1, -0.05) is 19.1 Å². The molecule has 0 saturated carbocycles. The number of nitrogens with one attached hydrogen (secondary N) is 1. The van der Waals surface area contributed by atoms with Crippen molar-refractivity contribution >= 4 is 5.91 Å². The van der Waals surface area contributed by atoms with Crippen LogP contribution in [0.1, 0.15) is 35.3 Å². The number of aromatic nitrogens is 4. The fourth-order valence-corrected chi connectivity index (χ4v) is 2.83. The fraction of sp³-hybridized carbons (Fsp3) is 0.316. The van der Waals surface area contributed by atoms with Crippen LogP contribution < -0.4 is 5.32 Å². The van der Waals surface area contributed by atoms with Gasteiger partial charge in [0.25, 0.3) is 5.91 Å². The molecule has 0 saturated heterocycles. The first-order valence-electron chi connectivity index (χ1n) is 8.64. The van der Waals surface area contributed by atoms with Gasteiger partial charge < -0.3 is 10.4 Å². The molecule has 0 unspecified atom stereocenters. The van der Waals surface area contributed by atoms with Crippen LogP contribution in [0.4, 0.5) is 0 Å². The third-order valence-corrected chi connectivity index (χ3v) is 4.28. The van der Waals surface area contributed by atoms with Crippen LogP contribution in [0.5, 0.6) is 0 Å². The molecule has 0 aliphatic heterocycles. The van der Waals surface area contributed by atoms with Crippen molar-refractivity contribution in [3.05, 3.63) is 60.2 Å². The molecule has 0 aliphatic carbocycles. The molecule has 2 N–H and O–H groups in total. The second kappa shape index (κ2) is 7.97. The van der Waals surface area contributed by atoms with Gasteiger partial charge in [-0.3, -0.25) is 14.2 Å². The lowest BCUT2D eigenvalue weighted by Gasteiger charge is -2.15. The van der Waals surface area contributed by atoms with E-state index in [9.17, 15) is 4.79 Å². The van der Waals surface area contributed by atoms with E-state index in [1.54, 1.807) is 21.8 Å². The van der Waals surface area contributed by atoms with Crippen LogP contribution in [0.3, 0.4) is 0 Å². The second-order valence-electron chi connectivity index (χ2n) is 6.17. The summed E-state index contributed by atoms with van der Waals surface area (Å²) in [7, 11) is 1.86. The van der Waals surface area contributed by atoms with Gasteiger partial charge in [0, 0.05) is 36.1 Å². The number of carbonyl (C=O) groups is 1. The molecule has 0 radical (unpaired) electrons. The molecule has 0 aliphatic rings. The minimum absolute atomic E-state index is 0.0513. The first-order valence-corrected chi connectivity index (χ1v) is 8.64. The highest BCUT2D eigenvalue weighted by atomic mass is 16.3. The van der Waals surface area contributed by atoms with Crippen molar-refractivity contribution in [1.82, 2.24) is 24.9 Å². The van der Waals surface area contributed by atoms with E-state index >= 15 is 0 Å². The standard InChI is InChI=1S/C19H23N5O2/c1-3-18(17-11-20-23(2)12-17)22-19(26)15-6-4-14(5-7-15)16-10-21-24(13-16)8-9-25/h4-7,10-13,18,25H,3,8-9H2,1-2H3,(H,22,26)/t18-/m0/s1. The molecule has 0 bridgehead atoms. The van der Waals surface area contributed by atoms with Crippen LogP contribution in [0, 0.1) is 0 Å². The number of hydrogen-bond donors (Lipinski definition) is 2. The molecule has 26 heavy (non-hydrogen) atoms. The maximum atomic E-state index is 12.5. The highest BCUT2D eigenvalue weighted by molar-refractivity contribution is 5.94. The number of aliphatic hydroxyl groups excluding tert-OH is 1. The smallest absolute Gasteiger partial charge is 0.251 e. The molecule has 2 heterocycles. The SMILES string of the molecule is CC[C@H](NC(=O)c1ccc(-c2cnn(CCO)c2)cc1)c1cnn(C)c1. The largest absolute Gasteiger partial charge is 0.394 e. The Hall–Kier alpha value is -2.93. The van der Waals surface area contributed by atoms with E-state index in [4.69, 9.17) is 5.11 Å². The Morgan fingerprint density at radius 3 is 2.54 bits per heavy atom. The zero-order chi connectivity index (χ0) is 18.5. The van der Waals surface area contributed by atoms with Crippen molar-refractivity contribution in [3.8, 4) is 11.1 Å². The number of hydrogen-bond acceptors (Lipinski definition) is 4. The monoisotopic (exact) mass is 353 g/mol. The van der Waals surface area contributed by atoms with Crippen LogP contribution in [-0.4, -0.2) is 37.2 Å². The summed E-state index contributed by atoms with van der Waals surface area (Å²) in [5, 5.41) is 20.4. The van der Waals surface area contributed by atoms with E-state index in [1.807, 2.05) is 50.6 Å². The molecule has 0 fully saturated rings. The van der Waals surface area contributed by atoms with Crippen molar-refractivity contribution in [2.75, 3.05) is 6.61 Å². The molecule has 1 amide bonds. The number of aliphatic hydroxyl groups is 1. The van der Waals surface area contributed by atoms with Crippen LogP contribution in [0.15, 0.2) is 49.1 Å². The average Bonchev–Trinajstić information content (AvgIpc) is 3.29. The Bertz CT molecular complexity index is 866. The Morgan fingerprint density at radius 1 is 1.15 bits per heavy atom. The molecule has 3 rings (SSSR count). The van der Waals surface area contributed by atoms with Gasteiger partial charge in [-0.05, 0) is 24.1 Å².